The molecule has 0 aliphatic carbocycles. The highest BCUT2D eigenvalue weighted by Gasteiger charge is 2.36. The van der Waals surface area contributed by atoms with Crippen molar-refractivity contribution in [3.05, 3.63) is 11.3 Å². The monoisotopic (exact) mass is 154 g/mol. The molecule has 0 N–H and O–H groups in total. The molecule has 1 heterocycles. The van der Waals surface area contributed by atoms with E-state index < -0.39 is 0 Å². The van der Waals surface area contributed by atoms with E-state index in [9.17, 15) is 0 Å². The lowest BCUT2D eigenvalue weighted by molar-refractivity contribution is -0.0147. The van der Waals surface area contributed by atoms with Crippen molar-refractivity contribution >= 4 is 0 Å². The van der Waals surface area contributed by atoms with E-state index in [1.807, 2.05) is 0 Å². The fourth-order valence-electron chi connectivity index (χ4n) is 1.58. The highest BCUT2D eigenvalue weighted by atomic mass is 16.5. The molecule has 0 spiro atoms. The molecule has 1 fully saturated rings. The van der Waals surface area contributed by atoms with Crippen LogP contribution < -0.4 is 0 Å². The van der Waals surface area contributed by atoms with Crippen molar-refractivity contribution in [3.8, 4) is 0 Å². The van der Waals surface area contributed by atoms with Crippen LogP contribution in [0, 0.1) is 5.41 Å². The SMILES string of the molecule is CCC(CC)=C1OCC1(C)C. The lowest BCUT2D eigenvalue weighted by Crippen LogP contribution is -2.35. The molecule has 0 unspecified atom stereocenters. The number of ether oxygens (including phenoxy) is 1. The van der Waals surface area contributed by atoms with E-state index in [-0.39, 0.29) is 0 Å². The van der Waals surface area contributed by atoms with Gasteiger partial charge in [-0.15, -0.1) is 0 Å². The molecule has 1 saturated heterocycles. The Bertz CT molecular complexity index is 171. The Kier molecular flexibility index (Phi) is 2.26. The predicted octanol–water partition coefficient (Wildman–Crippen LogP) is 3.12. The second kappa shape index (κ2) is 2.88. The van der Waals surface area contributed by atoms with Crippen molar-refractivity contribution in [3.63, 3.8) is 0 Å². The molecule has 0 aromatic carbocycles. The van der Waals surface area contributed by atoms with E-state index in [0.29, 0.717) is 5.41 Å². The van der Waals surface area contributed by atoms with Crippen LogP contribution in [-0.4, -0.2) is 6.61 Å². The third-order valence-electron chi connectivity index (χ3n) is 2.37. The summed E-state index contributed by atoms with van der Waals surface area (Å²) in [5, 5.41) is 0. The molecule has 0 atom stereocenters. The zero-order valence-electron chi connectivity index (χ0n) is 8.03. The molecular formula is C10H18O. The summed E-state index contributed by atoms with van der Waals surface area (Å²) >= 11 is 0. The van der Waals surface area contributed by atoms with Gasteiger partial charge in [-0.05, 0) is 32.3 Å². The lowest BCUT2D eigenvalue weighted by Gasteiger charge is -2.40. The first-order valence-corrected chi connectivity index (χ1v) is 4.47. The maximum Gasteiger partial charge on any atom is 0.104 e. The van der Waals surface area contributed by atoms with E-state index in [1.54, 1.807) is 0 Å². The zero-order valence-corrected chi connectivity index (χ0v) is 8.03. The van der Waals surface area contributed by atoms with Gasteiger partial charge in [0, 0.05) is 0 Å². The van der Waals surface area contributed by atoms with Crippen molar-refractivity contribution in [1.29, 1.82) is 0 Å². The van der Waals surface area contributed by atoms with Gasteiger partial charge in [0.1, 0.15) is 5.76 Å². The highest BCUT2D eigenvalue weighted by molar-refractivity contribution is 5.20. The lowest BCUT2D eigenvalue weighted by atomic mass is 9.83. The molecule has 0 amide bonds. The number of hydrogen-bond acceptors (Lipinski definition) is 1. The molecular weight excluding hydrogens is 136 g/mol. The third-order valence-corrected chi connectivity index (χ3v) is 2.37. The average molecular weight is 154 g/mol. The number of allylic oxidation sites excluding steroid dienone is 1. The minimum atomic E-state index is 0.321. The van der Waals surface area contributed by atoms with Crippen molar-refractivity contribution < 1.29 is 4.74 Å². The molecule has 1 nitrogen and oxygen atoms in total. The van der Waals surface area contributed by atoms with Gasteiger partial charge >= 0.3 is 0 Å². The van der Waals surface area contributed by atoms with Crippen LogP contribution in [0.3, 0.4) is 0 Å². The van der Waals surface area contributed by atoms with Crippen LogP contribution in [0.5, 0.6) is 0 Å². The fourth-order valence-corrected chi connectivity index (χ4v) is 1.58. The molecule has 1 rings (SSSR count). The summed E-state index contributed by atoms with van der Waals surface area (Å²) in [5.74, 6) is 1.25. The quantitative estimate of drug-likeness (QED) is 0.593. The van der Waals surface area contributed by atoms with Gasteiger partial charge in [0.2, 0.25) is 0 Å². The smallest absolute Gasteiger partial charge is 0.104 e. The minimum absolute atomic E-state index is 0.321. The van der Waals surface area contributed by atoms with Crippen LogP contribution in [0.2, 0.25) is 0 Å². The van der Waals surface area contributed by atoms with Gasteiger partial charge in [0.05, 0.1) is 12.0 Å². The van der Waals surface area contributed by atoms with Crippen molar-refractivity contribution in [2.24, 2.45) is 5.41 Å². The highest BCUT2D eigenvalue weighted by Crippen LogP contribution is 2.40. The molecule has 0 aromatic rings. The molecule has 0 bridgehead atoms. The first kappa shape index (κ1) is 8.63. The largest absolute Gasteiger partial charge is 0.496 e. The van der Waals surface area contributed by atoms with Crippen LogP contribution in [-0.2, 0) is 4.74 Å². The summed E-state index contributed by atoms with van der Waals surface area (Å²) in [6.07, 6.45) is 2.27. The first-order chi connectivity index (χ1) is 5.11. The Balaban J connectivity index is 2.78. The average Bonchev–Trinajstić information content (AvgIpc) is 1.98. The molecule has 1 aliphatic heterocycles. The maximum absolute atomic E-state index is 5.47. The minimum Gasteiger partial charge on any atom is -0.496 e. The van der Waals surface area contributed by atoms with Crippen molar-refractivity contribution in [2.75, 3.05) is 6.61 Å². The van der Waals surface area contributed by atoms with Crippen LogP contribution in [0.15, 0.2) is 11.3 Å². The Hall–Kier alpha value is -0.460. The van der Waals surface area contributed by atoms with Gasteiger partial charge in [-0.3, -0.25) is 0 Å². The zero-order chi connectivity index (χ0) is 8.48. The normalized spacial score (nSPS) is 20.5. The summed E-state index contributed by atoms with van der Waals surface area (Å²) in [7, 11) is 0. The fraction of sp³-hybridized carbons (Fsp3) is 0.800. The summed E-state index contributed by atoms with van der Waals surface area (Å²) in [4.78, 5) is 0. The Morgan fingerprint density at radius 2 is 1.91 bits per heavy atom. The molecule has 0 saturated carbocycles. The predicted molar refractivity (Wildman–Crippen MR) is 47.3 cm³/mol. The van der Waals surface area contributed by atoms with Gasteiger partial charge in [0.15, 0.2) is 0 Å². The third kappa shape index (κ3) is 1.42. The van der Waals surface area contributed by atoms with E-state index in [4.69, 9.17) is 4.74 Å². The van der Waals surface area contributed by atoms with E-state index >= 15 is 0 Å². The second-order valence-corrected chi connectivity index (χ2v) is 3.81. The Morgan fingerprint density at radius 3 is 2.00 bits per heavy atom. The second-order valence-electron chi connectivity index (χ2n) is 3.81. The van der Waals surface area contributed by atoms with E-state index in [2.05, 4.69) is 27.7 Å². The topological polar surface area (TPSA) is 9.23 Å². The summed E-state index contributed by atoms with van der Waals surface area (Å²) in [6, 6.07) is 0. The summed E-state index contributed by atoms with van der Waals surface area (Å²) in [5.41, 5.74) is 1.81. The molecule has 64 valence electrons. The van der Waals surface area contributed by atoms with Crippen molar-refractivity contribution in [2.45, 2.75) is 40.5 Å². The standard InChI is InChI=1S/C10H18O/c1-5-8(6-2)9-10(3,4)7-11-9/h5-7H2,1-4H3. The van der Waals surface area contributed by atoms with Gasteiger partial charge < -0.3 is 4.74 Å². The van der Waals surface area contributed by atoms with Crippen LogP contribution >= 0.6 is 0 Å². The van der Waals surface area contributed by atoms with Crippen LogP contribution in [0.1, 0.15) is 40.5 Å². The Morgan fingerprint density at radius 1 is 1.36 bits per heavy atom. The van der Waals surface area contributed by atoms with Gasteiger partial charge in [0.25, 0.3) is 0 Å². The summed E-state index contributed by atoms with van der Waals surface area (Å²) < 4.78 is 5.47. The van der Waals surface area contributed by atoms with Crippen LogP contribution in [0.25, 0.3) is 0 Å². The van der Waals surface area contributed by atoms with Gasteiger partial charge in [-0.25, -0.2) is 0 Å². The van der Waals surface area contributed by atoms with Crippen LogP contribution in [0.4, 0.5) is 0 Å². The Labute approximate surface area is 69.4 Å². The molecule has 0 radical (unpaired) electrons. The van der Waals surface area contributed by atoms with E-state index in [0.717, 1.165) is 19.4 Å². The van der Waals surface area contributed by atoms with Crippen molar-refractivity contribution in [1.82, 2.24) is 0 Å². The maximum atomic E-state index is 5.47. The molecule has 11 heavy (non-hydrogen) atoms. The summed E-state index contributed by atoms with van der Waals surface area (Å²) in [6.45, 7) is 9.79. The van der Waals surface area contributed by atoms with Gasteiger partial charge in [-0.2, -0.15) is 0 Å². The molecule has 1 heteroatoms. The molecule has 0 aromatic heterocycles. The van der Waals surface area contributed by atoms with Gasteiger partial charge in [-0.1, -0.05) is 13.8 Å². The number of rotatable bonds is 2. The number of hydrogen-bond donors (Lipinski definition) is 0. The van der Waals surface area contributed by atoms with E-state index in [1.165, 1.54) is 11.3 Å². The molecule has 1 aliphatic rings. The first-order valence-electron chi connectivity index (χ1n) is 4.47.